The second kappa shape index (κ2) is 7.66. The van der Waals surface area contributed by atoms with Crippen LogP contribution in [0.3, 0.4) is 0 Å². The van der Waals surface area contributed by atoms with E-state index < -0.39 is 0 Å². The zero-order valence-electron chi connectivity index (χ0n) is 15.1. The van der Waals surface area contributed by atoms with Crippen LogP contribution < -0.4 is 5.56 Å². The lowest BCUT2D eigenvalue weighted by Crippen LogP contribution is -2.51. The van der Waals surface area contributed by atoms with Crippen LogP contribution >= 0.6 is 0 Å². The molecule has 1 aromatic heterocycles. The van der Waals surface area contributed by atoms with Gasteiger partial charge in [0.2, 0.25) is 5.91 Å². The summed E-state index contributed by atoms with van der Waals surface area (Å²) < 4.78 is 1.26. The van der Waals surface area contributed by atoms with Gasteiger partial charge >= 0.3 is 0 Å². The number of carbonyl (C=O) groups excluding carboxylic acids is 1. The first-order chi connectivity index (χ1) is 11.9. The lowest BCUT2D eigenvalue weighted by molar-refractivity contribution is -0.133. The van der Waals surface area contributed by atoms with Crippen molar-refractivity contribution >= 4 is 5.91 Å². The molecule has 0 aliphatic carbocycles. The molecule has 2 saturated heterocycles. The number of carbonyl (C=O) groups is 1. The van der Waals surface area contributed by atoms with Gasteiger partial charge in [0.15, 0.2) is 0 Å². The predicted octanol–water partition coefficient (Wildman–Crippen LogP) is 0.308. The number of piperidine rings is 2. The van der Waals surface area contributed by atoms with E-state index in [1.165, 1.54) is 10.7 Å². The van der Waals surface area contributed by atoms with Crippen molar-refractivity contribution in [3.05, 3.63) is 27.7 Å². The van der Waals surface area contributed by atoms with Gasteiger partial charge in [0.1, 0.15) is 6.54 Å². The van der Waals surface area contributed by atoms with E-state index in [1.54, 1.807) is 0 Å². The standard InChI is InChI=1S/C18H28N4O3/c1-13-10-17(24)22(19-14(13)2)12-18(25)20-8-5-15(6-9-20)21-7-3-4-16(23)11-21/h10,15-16,23H,3-9,11-12H2,1-2H3/t16-/m0/s1. The van der Waals surface area contributed by atoms with Crippen LogP contribution in [-0.2, 0) is 11.3 Å². The number of hydrogen-bond donors (Lipinski definition) is 1. The Kier molecular flexibility index (Phi) is 5.54. The molecule has 0 unspecified atom stereocenters. The highest BCUT2D eigenvalue weighted by atomic mass is 16.3. The van der Waals surface area contributed by atoms with Gasteiger partial charge in [-0.25, -0.2) is 4.68 Å². The average molecular weight is 348 g/mol. The largest absolute Gasteiger partial charge is 0.392 e. The maximum absolute atomic E-state index is 12.5. The molecule has 0 bridgehead atoms. The number of aliphatic hydroxyl groups excluding tert-OH is 1. The van der Waals surface area contributed by atoms with Crippen LogP contribution in [-0.4, -0.2) is 68.9 Å². The number of nitrogens with zero attached hydrogens (tertiary/aromatic N) is 4. The number of aromatic nitrogens is 2. The number of likely N-dealkylation sites (tertiary alicyclic amines) is 2. The summed E-state index contributed by atoms with van der Waals surface area (Å²) >= 11 is 0. The van der Waals surface area contributed by atoms with Crippen molar-refractivity contribution in [1.82, 2.24) is 19.6 Å². The third-order valence-corrected chi connectivity index (χ3v) is 5.48. The molecule has 1 aromatic rings. The Hall–Kier alpha value is -1.73. The molecule has 25 heavy (non-hydrogen) atoms. The lowest BCUT2D eigenvalue weighted by Gasteiger charge is -2.41. The van der Waals surface area contributed by atoms with Gasteiger partial charge in [-0.3, -0.25) is 14.5 Å². The third kappa shape index (κ3) is 4.27. The number of aliphatic hydroxyl groups is 1. The van der Waals surface area contributed by atoms with E-state index in [4.69, 9.17) is 0 Å². The molecule has 7 heteroatoms. The second-order valence-electron chi connectivity index (χ2n) is 7.31. The van der Waals surface area contributed by atoms with Crippen molar-refractivity contribution in [3.63, 3.8) is 0 Å². The topological polar surface area (TPSA) is 78.7 Å². The molecule has 0 spiro atoms. The van der Waals surface area contributed by atoms with Crippen molar-refractivity contribution in [2.24, 2.45) is 0 Å². The molecular weight excluding hydrogens is 320 g/mol. The van der Waals surface area contributed by atoms with Gasteiger partial charge in [0.25, 0.3) is 5.56 Å². The molecule has 1 amide bonds. The van der Waals surface area contributed by atoms with Crippen molar-refractivity contribution in [2.45, 2.75) is 58.2 Å². The van der Waals surface area contributed by atoms with Crippen LogP contribution in [0.15, 0.2) is 10.9 Å². The van der Waals surface area contributed by atoms with Crippen molar-refractivity contribution in [3.8, 4) is 0 Å². The summed E-state index contributed by atoms with van der Waals surface area (Å²) in [6.45, 7) is 6.89. The van der Waals surface area contributed by atoms with Crippen molar-refractivity contribution in [1.29, 1.82) is 0 Å². The number of hydrogen-bond acceptors (Lipinski definition) is 5. The van der Waals surface area contributed by atoms with Crippen LogP contribution in [0.25, 0.3) is 0 Å². The Morgan fingerprint density at radius 1 is 1.24 bits per heavy atom. The minimum absolute atomic E-state index is 0.00699. The summed E-state index contributed by atoms with van der Waals surface area (Å²) in [7, 11) is 0. The maximum atomic E-state index is 12.5. The Bertz CT molecular complexity index is 679. The zero-order chi connectivity index (χ0) is 18.0. The van der Waals surface area contributed by atoms with Crippen molar-refractivity contribution < 1.29 is 9.90 Å². The van der Waals surface area contributed by atoms with E-state index >= 15 is 0 Å². The summed E-state index contributed by atoms with van der Waals surface area (Å²) in [5.41, 5.74) is 1.39. The Morgan fingerprint density at radius 2 is 1.96 bits per heavy atom. The molecule has 0 radical (unpaired) electrons. The SMILES string of the molecule is Cc1cc(=O)n(CC(=O)N2CCC(N3CCC[C@H](O)C3)CC2)nc1C. The number of rotatable bonds is 3. The van der Waals surface area contributed by atoms with E-state index in [-0.39, 0.29) is 24.1 Å². The average Bonchev–Trinajstić information content (AvgIpc) is 2.60. The first-order valence-corrected chi connectivity index (χ1v) is 9.19. The smallest absolute Gasteiger partial charge is 0.267 e. The molecule has 3 heterocycles. The number of aryl methyl sites for hydroxylation is 2. The third-order valence-electron chi connectivity index (χ3n) is 5.48. The molecule has 0 saturated carbocycles. The normalized spacial score (nSPS) is 23.0. The fraction of sp³-hybridized carbons (Fsp3) is 0.722. The Labute approximate surface area is 148 Å². The van der Waals surface area contributed by atoms with Crippen LogP contribution in [0.5, 0.6) is 0 Å². The van der Waals surface area contributed by atoms with Crippen molar-refractivity contribution in [2.75, 3.05) is 26.2 Å². The molecule has 138 valence electrons. The highest BCUT2D eigenvalue weighted by Gasteiger charge is 2.29. The summed E-state index contributed by atoms with van der Waals surface area (Å²) in [6, 6.07) is 1.98. The van der Waals surface area contributed by atoms with Gasteiger partial charge in [-0.2, -0.15) is 5.10 Å². The van der Waals surface area contributed by atoms with E-state index in [2.05, 4.69) is 10.00 Å². The van der Waals surface area contributed by atoms with Crippen LogP contribution in [0.4, 0.5) is 0 Å². The molecule has 1 N–H and O–H groups in total. The van der Waals surface area contributed by atoms with E-state index in [9.17, 15) is 14.7 Å². The van der Waals surface area contributed by atoms with Gasteiger partial charge in [0, 0.05) is 31.7 Å². The Balaban J connectivity index is 1.55. The molecule has 3 rings (SSSR count). The van der Waals surface area contributed by atoms with Crippen LogP contribution in [0.1, 0.15) is 36.9 Å². The molecule has 2 aliphatic rings. The molecule has 7 nitrogen and oxygen atoms in total. The van der Waals surface area contributed by atoms with Gasteiger partial charge in [-0.05, 0) is 51.6 Å². The van der Waals surface area contributed by atoms with Gasteiger partial charge in [-0.1, -0.05) is 0 Å². The fourth-order valence-corrected chi connectivity index (χ4v) is 3.81. The summed E-state index contributed by atoms with van der Waals surface area (Å²) in [4.78, 5) is 28.7. The minimum atomic E-state index is -0.228. The molecule has 0 aromatic carbocycles. The molecule has 2 aliphatic heterocycles. The van der Waals surface area contributed by atoms with Gasteiger partial charge < -0.3 is 10.0 Å². The monoisotopic (exact) mass is 348 g/mol. The highest BCUT2D eigenvalue weighted by Crippen LogP contribution is 2.21. The van der Waals surface area contributed by atoms with Crippen LogP contribution in [0.2, 0.25) is 0 Å². The summed E-state index contributed by atoms with van der Waals surface area (Å²) in [5.74, 6) is -0.0463. The minimum Gasteiger partial charge on any atom is -0.392 e. The molecule has 1 atom stereocenters. The maximum Gasteiger partial charge on any atom is 0.267 e. The molecule has 2 fully saturated rings. The Morgan fingerprint density at radius 3 is 2.64 bits per heavy atom. The lowest BCUT2D eigenvalue weighted by atomic mass is 9.99. The first kappa shape index (κ1) is 18.1. The predicted molar refractivity (Wildman–Crippen MR) is 94.4 cm³/mol. The first-order valence-electron chi connectivity index (χ1n) is 9.19. The summed E-state index contributed by atoms with van der Waals surface area (Å²) in [5, 5.41) is 14.1. The fourth-order valence-electron chi connectivity index (χ4n) is 3.81. The summed E-state index contributed by atoms with van der Waals surface area (Å²) in [6.07, 6.45) is 3.57. The quantitative estimate of drug-likeness (QED) is 0.850. The van der Waals surface area contributed by atoms with Crippen LogP contribution in [0, 0.1) is 13.8 Å². The second-order valence-corrected chi connectivity index (χ2v) is 7.31. The van der Waals surface area contributed by atoms with E-state index in [1.807, 2.05) is 18.7 Å². The zero-order valence-corrected chi connectivity index (χ0v) is 15.1. The number of β-amino-alcohol motifs (C(OH)–C–C–N with tert-alkyl or cyclic N) is 1. The number of amides is 1. The van der Waals surface area contributed by atoms with Gasteiger partial charge in [-0.15, -0.1) is 0 Å². The highest BCUT2D eigenvalue weighted by molar-refractivity contribution is 5.76. The molecular formula is C18H28N4O3. The van der Waals surface area contributed by atoms with E-state index in [0.29, 0.717) is 19.1 Å². The van der Waals surface area contributed by atoms with Gasteiger partial charge in [0.05, 0.1) is 11.8 Å². The van der Waals surface area contributed by atoms with E-state index in [0.717, 1.165) is 50.0 Å².